The maximum atomic E-state index is 11.5. The Morgan fingerprint density at radius 2 is 2.13 bits per heavy atom. The Bertz CT molecular complexity index is 354. The fourth-order valence-electron chi connectivity index (χ4n) is 1.18. The highest BCUT2D eigenvalue weighted by Crippen LogP contribution is 2.08. The van der Waals surface area contributed by atoms with Crippen LogP contribution in [0.3, 0.4) is 0 Å². The Balaban J connectivity index is 2.51. The predicted octanol–water partition coefficient (Wildman–Crippen LogP) is 0.826. The molecule has 3 nitrogen and oxygen atoms in total. The van der Waals surface area contributed by atoms with E-state index in [4.69, 9.17) is 12.2 Å². The van der Waals surface area contributed by atoms with Crippen LogP contribution >= 0.6 is 0 Å². The van der Waals surface area contributed by atoms with Gasteiger partial charge in [0.05, 0.1) is 0 Å². The summed E-state index contributed by atoms with van der Waals surface area (Å²) in [7, 11) is 0. The standard InChI is InChI=1S/C12H14N2O/c1-2-3-9-14-12(15)11(13)10-7-5-4-6-8-10/h1,4-8,11H,3,9,13H2,(H,14,15)/t11-/m1/s1. The summed E-state index contributed by atoms with van der Waals surface area (Å²) in [5.41, 5.74) is 6.56. The molecule has 1 amide bonds. The highest BCUT2D eigenvalue weighted by molar-refractivity contribution is 5.82. The first-order valence-corrected chi connectivity index (χ1v) is 4.77. The van der Waals surface area contributed by atoms with Crippen molar-refractivity contribution in [3.05, 3.63) is 35.9 Å². The van der Waals surface area contributed by atoms with Gasteiger partial charge in [-0.2, -0.15) is 0 Å². The van der Waals surface area contributed by atoms with E-state index >= 15 is 0 Å². The monoisotopic (exact) mass is 202 g/mol. The lowest BCUT2D eigenvalue weighted by Crippen LogP contribution is -2.34. The molecule has 1 aromatic rings. The van der Waals surface area contributed by atoms with Crippen molar-refractivity contribution >= 4 is 5.91 Å². The van der Waals surface area contributed by atoms with Crippen LogP contribution < -0.4 is 11.1 Å². The minimum absolute atomic E-state index is 0.198. The second-order valence-corrected chi connectivity index (χ2v) is 3.13. The summed E-state index contributed by atoms with van der Waals surface area (Å²) in [5, 5.41) is 2.68. The van der Waals surface area contributed by atoms with Gasteiger partial charge in [0, 0.05) is 13.0 Å². The number of carbonyl (C=O) groups is 1. The van der Waals surface area contributed by atoms with Gasteiger partial charge in [-0.15, -0.1) is 12.3 Å². The van der Waals surface area contributed by atoms with E-state index < -0.39 is 6.04 Å². The summed E-state index contributed by atoms with van der Waals surface area (Å²) in [5.74, 6) is 2.25. The van der Waals surface area contributed by atoms with Crippen LogP contribution in [0, 0.1) is 12.3 Å². The lowest BCUT2D eigenvalue weighted by Gasteiger charge is -2.11. The fourth-order valence-corrected chi connectivity index (χ4v) is 1.18. The normalized spacial score (nSPS) is 11.5. The highest BCUT2D eigenvalue weighted by Gasteiger charge is 2.13. The van der Waals surface area contributed by atoms with Gasteiger partial charge in [-0.05, 0) is 5.56 Å². The molecular formula is C12H14N2O. The van der Waals surface area contributed by atoms with Crippen LogP contribution in [0.15, 0.2) is 30.3 Å². The number of carbonyl (C=O) groups excluding carboxylic acids is 1. The van der Waals surface area contributed by atoms with E-state index in [2.05, 4.69) is 11.2 Å². The molecule has 0 radical (unpaired) electrons. The zero-order chi connectivity index (χ0) is 11.1. The molecule has 1 atom stereocenters. The summed E-state index contributed by atoms with van der Waals surface area (Å²) < 4.78 is 0. The SMILES string of the molecule is C#CCCNC(=O)[C@H](N)c1ccccc1. The Labute approximate surface area is 89.7 Å². The van der Waals surface area contributed by atoms with Crippen molar-refractivity contribution in [2.75, 3.05) is 6.54 Å². The summed E-state index contributed by atoms with van der Waals surface area (Å²) in [6, 6.07) is 8.61. The molecule has 0 saturated carbocycles. The molecule has 0 bridgehead atoms. The van der Waals surface area contributed by atoms with E-state index in [1.165, 1.54) is 0 Å². The van der Waals surface area contributed by atoms with Gasteiger partial charge in [0.1, 0.15) is 6.04 Å². The minimum Gasteiger partial charge on any atom is -0.353 e. The molecule has 0 unspecified atom stereocenters. The molecule has 0 aliphatic heterocycles. The molecule has 0 heterocycles. The van der Waals surface area contributed by atoms with E-state index in [0.29, 0.717) is 13.0 Å². The van der Waals surface area contributed by atoms with Crippen LogP contribution in [-0.4, -0.2) is 12.5 Å². The quantitative estimate of drug-likeness (QED) is 0.561. The highest BCUT2D eigenvalue weighted by atomic mass is 16.2. The average Bonchev–Trinajstić information content (AvgIpc) is 2.29. The number of rotatable bonds is 4. The molecule has 0 aromatic heterocycles. The predicted molar refractivity (Wildman–Crippen MR) is 59.8 cm³/mol. The summed E-state index contributed by atoms with van der Waals surface area (Å²) in [4.78, 5) is 11.5. The molecule has 0 saturated heterocycles. The second kappa shape index (κ2) is 5.84. The summed E-state index contributed by atoms with van der Waals surface area (Å²) in [6.07, 6.45) is 5.59. The zero-order valence-corrected chi connectivity index (χ0v) is 8.44. The van der Waals surface area contributed by atoms with Gasteiger partial charge in [0.25, 0.3) is 0 Å². The van der Waals surface area contributed by atoms with Gasteiger partial charge in [0.2, 0.25) is 5.91 Å². The maximum absolute atomic E-state index is 11.5. The molecule has 0 fully saturated rings. The van der Waals surface area contributed by atoms with Crippen molar-refractivity contribution in [2.45, 2.75) is 12.5 Å². The fraction of sp³-hybridized carbons (Fsp3) is 0.250. The van der Waals surface area contributed by atoms with E-state index in [9.17, 15) is 4.79 Å². The average molecular weight is 202 g/mol. The number of nitrogens with one attached hydrogen (secondary N) is 1. The molecule has 3 N–H and O–H groups in total. The lowest BCUT2D eigenvalue weighted by molar-refractivity contribution is -0.122. The van der Waals surface area contributed by atoms with Crippen LogP contribution in [0.4, 0.5) is 0 Å². The largest absolute Gasteiger partial charge is 0.353 e. The van der Waals surface area contributed by atoms with E-state index in [1.54, 1.807) is 0 Å². The molecular weight excluding hydrogens is 188 g/mol. The van der Waals surface area contributed by atoms with E-state index in [-0.39, 0.29) is 5.91 Å². The van der Waals surface area contributed by atoms with E-state index in [0.717, 1.165) is 5.56 Å². The van der Waals surface area contributed by atoms with Gasteiger partial charge < -0.3 is 11.1 Å². The molecule has 1 aromatic carbocycles. The molecule has 3 heteroatoms. The number of nitrogens with two attached hydrogens (primary N) is 1. The van der Waals surface area contributed by atoms with Crippen LogP contribution in [0.25, 0.3) is 0 Å². The third kappa shape index (κ3) is 3.45. The number of hydrogen-bond donors (Lipinski definition) is 2. The van der Waals surface area contributed by atoms with Crippen molar-refractivity contribution in [3.63, 3.8) is 0 Å². The molecule has 0 aliphatic carbocycles. The van der Waals surface area contributed by atoms with Crippen LogP contribution in [0.1, 0.15) is 18.0 Å². The topological polar surface area (TPSA) is 55.1 Å². The first-order chi connectivity index (χ1) is 7.25. The molecule has 0 spiro atoms. The van der Waals surface area contributed by atoms with Crippen LogP contribution in [0.2, 0.25) is 0 Å². The third-order valence-corrected chi connectivity index (χ3v) is 2.01. The third-order valence-electron chi connectivity index (χ3n) is 2.01. The first kappa shape index (κ1) is 11.3. The van der Waals surface area contributed by atoms with Gasteiger partial charge in [0.15, 0.2) is 0 Å². The van der Waals surface area contributed by atoms with Crippen molar-refractivity contribution in [1.82, 2.24) is 5.32 Å². The lowest BCUT2D eigenvalue weighted by atomic mass is 10.1. The van der Waals surface area contributed by atoms with E-state index in [1.807, 2.05) is 30.3 Å². The van der Waals surface area contributed by atoms with Gasteiger partial charge in [-0.3, -0.25) is 4.79 Å². The zero-order valence-electron chi connectivity index (χ0n) is 8.44. The van der Waals surface area contributed by atoms with Crippen molar-refractivity contribution in [1.29, 1.82) is 0 Å². The number of terminal acetylenes is 1. The van der Waals surface area contributed by atoms with Gasteiger partial charge >= 0.3 is 0 Å². The maximum Gasteiger partial charge on any atom is 0.241 e. The second-order valence-electron chi connectivity index (χ2n) is 3.13. The number of hydrogen-bond acceptors (Lipinski definition) is 2. The number of amides is 1. The molecule has 15 heavy (non-hydrogen) atoms. The smallest absolute Gasteiger partial charge is 0.241 e. The van der Waals surface area contributed by atoms with Crippen molar-refractivity contribution in [3.8, 4) is 12.3 Å². The van der Waals surface area contributed by atoms with Crippen LogP contribution in [0.5, 0.6) is 0 Å². The van der Waals surface area contributed by atoms with Crippen molar-refractivity contribution < 1.29 is 4.79 Å². The molecule has 1 rings (SSSR count). The van der Waals surface area contributed by atoms with Crippen molar-refractivity contribution in [2.24, 2.45) is 5.73 Å². The first-order valence-electron chi connectivity index (χ1n) is 4.77. The van der Waals surface area contributed by atoms with Crippen LogP contribution in [-0.2, 0) is 4.79 Å². The minimum atomic E-state index is -0.621. The Kier molecular flexibility index (Phi) is 4.39. The number of benzene rings is 1. The Hall–Kier alpha value is -1.79. The molecule has 78 valence electrons. The Morgan fingerprint density at radius 3 is 2.73 bits per heavy atom. The summed E-state index contributed by atoms with van der Waals surface area (Å²) in [6.45, 7) is 0.468. The Morgan fingerprint density at radius 1 is 1.47 bits per heavy atom. The van der Waals surface area contributed by atoms with Gasteiger partial charge in [-0.25, -0.2) is 0 Å². The molecule has 0 aliphatic rings. The van der Waals surface area contributed by atoms with Gasteiger partial charge in [-0.1, -0.05) is 30.3 Å². The summed E-state index contributed by atoms with van der Waals surface area (Å²) >= 11 is 0.